The molecule has 1 heterocycles. The first-order valence-corrected chi connectivity index (χ1v) is 6.60. The maximum Gasteiger partial charge on any atom is 0.149 e. The molecule has 1 saturated heterocycles. The average Bonchev–Trinajstić information content (AvgIpc) is 2.30. The Kier molecular flexibility index (Phi) is 6.66. The number of carbonyl (C=O) groups excluding carboxylic acids is 1. The molecule has 1 aliphatic rings. The molecule has 0 aromatic carbocycles. The highest BCUT2D eigenvalue weighted by Gasteiger charge is 2.19. The summed E-state index contributed by atoms with van der Waals surface area (Å²) in [5, 5.41) is 3.32. The van der Waals surface area contributed by atoms with Crippen LogP contribution in [0.5, 0.6) is 0 Å². The van der Waals surface area contributed by atoms with Crippen molar-refractivity contribution in [3.63, 3.8) is 0 Å². The van der Waals surface area contributed by atoms with Crippen LogP contribution >= 0.6 is 0 Å². The van der Waals surface area contributed by atoms with E-state index in [1.54, 1.807) is 0 Å². The Morgan fingerprint density at radius 3 is 2.67 bits per heavy atom. The van der Waals surface area contributed by atoms with E-state index in [4.69, 9.17) is 0 Å². The van der Waals surface area contributed by atoms with Crippen LogP contribution in [0.1, 0.15) is 64.7 Å². The molecule has 0 saturated carbocycles. The van der Waals surface area contributed by atoms with E-state index < -0.39 is 0 Å². The summed E-state index contributed by atoms with van der Waals surface area (Å²) < 4.78 is 0. The van der Waals surface area contributed by atoms with Gasteiger partial charge in [0.2, 0.25) is 0 Å². The fourth-order valence-electron chi connectivity index (χ4n) is 2.20. The number of ketones is 1. The number of unbranched alkanes of at least 4 members (excludes halogenated alkanes) is 4. The van der Waals surface area contributed by atoms with Gasteiger partial charge < -0.3 is 5.32 Å². The largest absolute Gasteiger partial charge is 0.307 e. The maximum absolute atomic E-state index is 11.8. The molecule has 1 N–H and O–H groups in total. The van der Waals surface area contributed by atoms with E-state index in [1.807, 2.05) is 0 Å². The van der Waals surface area contributed by atoms with Gasteiger partial charge in [-0.2, -0.15) is 0 Å². The summed E-state index contributed by atoms with van der Waals surface area (Å²) >= 11 is 0. The molecule has 0 aliphatic carbocycles. The van der Waals surface area contributed by atoms with Crippen molar-refractivity contribution >= 4 is 5.78 Å². The lowest BCUT2D eigenvalue weighted by Crippen LogP contribution is -2.40. The van der Waals surface area contributed by atoms with Crippen LogP contribution in [0, 0.1) is 0 Å². The van der Waals surface area contributed by atoms with Crippen molar-refractivity contribution in [3.05, 3.63) is 0 Å². The van der Waals surface area contributed by atoms with Crippen LogP contribution in [-0.2, 0) is 4.79 Å². The van der Waals surface area contributed by atoms with Crippen LogP contribution < -0.4 is 5.32 Å². The number of hydrogen-bond donors (Lipinski definition) is 1. The number of Topliss-reactive ketones (excluding diaryl/α,β-unsaturated/α-hetero) is 1. The zero-order chi connectivity index (χ0) is 10.9. The molecule has 0 radical (unpaired) electrons. The van der Waals surface area contributed by atoms with Crippen LogP contribution in [0.25, 0.3) is 0 Å². The number of rotatable bonds is 7. The van der Waals surface area contributed by atoms with Gasteiger partial charge in [0.1, 0.15) is 5.78 Å². The third-order valence-corrected chi connectivity index (χ3v) is 3.23. The predicted molar refractivity (Wildman–Crippen MR) is 64.0 cm³/mol. The molecule has 88 valence electrons. The smallest absolute Gasteiger partial charge is 0.149 e. The Bertz CT molecular complexity index is 173. The zero-order valence-electron chi connectivity index (χ0n) is 10.1. The first-order chi connectivity index (χ1) is 7.34. The summed E-state index contributed by atoms with van der Waals surface area (Å²) in [6.07, 6.45) is 10.5. The van der Waals surface area contributed by atoms with E-state index in [-0.39, 0.29) is 6.04 Å². The summed E-state index contributed by atoms with van der Waals surface area (Å²) in [6.45, 7) is 3.25. The lowest BCUT2D eigenvalue weighted by atomic mass is 9.97. The van der Waals surface area contributed by atoms with Gasteiger partial charge in [0, 0.05) is 6.42 Å². The Labute approximate surface area is 93.8 Å². The van der Waals surface area contributed by atoms with Crippen LogP contribution in [-0.4, -0.2) is 18.4 Å². The summed E-state index contributed by atoms with van der Waals surface area (Å²) in [5.74, 6) is 0.450. The predicted octanol–water partition coefficient (Wildman–Crippen LogP) is 3.06. The molecule has 0 bridgehead atoms. The molecule has 1 unspecified atom stereocenters. The van der Waals surface area contributed by atoms with Crippen LogP contribution in [0.4, 0.5) is 0 Å². The van der Waals surface area contributed by atoms with Crippen molar-refractivity contribution in [2.75, 3.05) is 6.54 Å². The van der Waals surface area contributed by atoms with E-state index in [9.17, 15) is 4.79 Å². The first-order valence-electron chi connectivity index (χ1n) is 6.60. The fourth-order valence-corrected chi connectivity index (χ4v) is 2.20. The van der Waals surface area contributed by atoms with Crippen molar-refractivity contribution in [1.82, 2.24) is 5.32 Å². The summed E-state index contributed by atoms with van der Waals surface area (Å²) in [4.78, 5) is 11.8. The number of piperidine rings is 1. The molecule has 1 aliphatic heterocycles. The van der Waals surface area contributed by atoms with E-state index in [2.05, 4.69) is 12.2 Å². The molecule has 0 amide bonds. The standard InChI is InChI=1S/C13H25NO/c1-2-3-4-5-6-10-13(15)12-9-7-8-11-14-12/h12,14H,2-11H2,1H3. The second kappa shape index (κ2) is 7.86. The third-order valence-electron chi connectivity index (χ3n) is 3.23. The number of carbonyl (C=O) groups is 1. The van der Waals surface area contributed by atoms with Gasteiger partial charge in [-0.1, -0.05) is 39.0 Å². The SMILES string of the molecule is CCCCCCCC(=O)C1CCCCN1. The molecule has 1 atom stereocenters. The van der Waals surface area contributed by atoms with Gasteiger partial charge in [-0.3, -0.25) is 4.79 Å². The molecule has 0 aromatic rings. The monoisotopic (exact) mass is 211 g/mol. The van der Waals surface area contributed by atoms with Gasteiger partial charge in [0.15, 0.2) is 0 Å². The Morgan fingerprint density at radius 2 is 2.00 bits per heavy atom. The lowest BCUT2D eigenvalue weighted by molar-refractivity contribution is -0.121. The lowest BCUT2D eigenvalue weighted by Gasteiger charge is -2.22. The summed E-state index contributed by atoms with van der Waals surface area (Å²) in [6, 6.07) is 0.185. The second-order valence-corrected chi connectivity index (χ2v) is 4.63. The highest BCUT2D eigenvalue weighted by atomic mass is 16.1. The number of hydrogen-bond acceptors (Lipinski definition) is 2. The van der Waals surface area contributed by atoms with Crippen molar-refractivity contribution < 1.29 is 4.79 Å². The van der Waals surface area contributed by atoms with E-state index in [0.29, 0.717) is 5.78 Å². The van der Waals surface area contributed by atoms with Crippen molar-refractivity contribution in [2.45, 2.75) is 70.8 Å². The van der Waals surface area contributed by atoms with Gasteiger partial charge >= 0.3 is 0 Å². The molecule has 2 heteroatoms. The number of nitrogens with one attached hydrogen (secondary N) is 1. The highest BCUT2D eigenvalue weighted by Crippen LogP contribution is 2.12. The van der Waals surface area contributed by atoms with Crippen LogP contribution in [0.2, 0.25) is 0 Å². The van der Waals surface area contributed by atoms with Crippen LogP contribution in [0.15, 0.2) is 0 Å². The molecule has 15 heavy (non-hydrogen) atoms. The zero-order valence-corrected chi connectivity index (χ0v) is 10.1. The van der Waals surface area contributed by atoms with Gasteiger partial charge in [0.05, 0.1) is 6.04 Å². The van der Waals surface area contributed by atoms with E-state index in [1.165, 1.54) is 38.5 Å². The van der Waals surface area contributed by atoms with Gasteiger partial charge in [-0.05, 0) is 25.8 Å². The molecule has 0 aromatic heterocycles. The average molecular weight is 211 g/mol. The minimum absolute atomic E-state index is 0.185. The molecular formula is C13H25NO. The fraction of sp³-hybridized carbons (Fsp3) is 0.923. The molecule has 2 nitrogen and oxygen atoms in total. The van der Waals surface area contributed by atoms with Gasteiger partial charge in [-0.25, -0.2) is 0 Å². The Balaban J connectivity index is 2.02. The second-order valence-electron chi connectivity index (χ2n) is 4.63. The van der Waals surface area contributed by atoms with Crippen molar-refractivity contribution in [3.8, 4) is 0 Å². The van der Waals surface area contributed by atoms with Crippen molar-refractivity contribution in [1.29, 1.82) is 0 Å². The third kappa shape index (κ3) is 5.31. The minimum atomic E-state index is 0.185. The molecular weight excluding hydrogens is 186 g/mol. The Morgan fingerprint density at radius 1 is 1.20 bits per heavy atom. The summed E-state index contributed by atoms with van der Waals surface area (Å²) in [5.41, 5.74) is 0. The first kappa shape index (κ1) is 12.7. The Hall–Kier alpha value is -0.370. The maximum atomic E-state index is 11.8. The topological polar surface area (TPSA) is 29.1 Å². The van der Waals surface area contributed by atoms with Gasteiger partial charge in [0.25, 0.3) is 0 Å². The minimum Gasteiger partial charge on any atom is -0.307 e. The van der Waals surface area contributed by atoms with Gasteiger partial charge in [-0.15, -0.1) is 0 Å². The molecule has 1 rings (SSSR count). The highest BCUT2D eigenvalue weighted by molar-refractivity contribution is 5.84. The van der Waals surface area contributed by atoms with E-state index in [0.717, 1.165) is 25.8 Å². The normalized spacial score (nSPS) is 21.5. The molecule has 1 fully saturated rings. The van der Waals surface area contributed by atoms with Crippen LogP contribution in [0.3, 0.4) is 0 Å². The van der Waals surface area contributed by atoms with E-state index >= 15 is 0 Å². The quantitative estimate of drug-likeness (QED) is 0.656. The van der Waals surface area contributed by atoms with Crippen molar-refractivity contribution in [2.24, 2.45) is 0 Å². The molecule has 0 spiro atoms. The summed E-state index contributed by atoms with van der Waals surface area (Å²) in [7, 11) is 0.